The van der Waals surface area contributed by atoms with Gasteiger partial charge in [-0.15, -0.1) is 6.58 Å². The predicted molar refractivity (Wildman–Crippen MR) is 178 cm³/mol. The molecule has 7 unspecified atom stereocenters. The van der Waals surface area contributed by atoms with Crippen LogP contribution in [0.25, 0.3) is 0 Å². The summed E-state index contributed by atoms with van der Waals surface area (Å²) in [5, 5.41) is 12.1. The minimum Gasteiger partial charge on any atom is -0.465 e. The number of unbranched alkanes of at least 4 members (excludes halogenated alkanes) is 8. The van der Waals surface area contributed by atoms with Crippen LogP contribution in [0.1, 0.15) is 125 Å². The fraction of sp³-hybridized carbons (Fsp3) is 0.737. The number of ether oxygens (including phenoxy) is 1. The van der Waals surface area contributed by atoms with Crippen molar-refractivity contribution in [1.29, 1.82) is 0 Å². The Balaban J connectivity index is 1.92. The van der Waals surface area contributed by atoms with Gasteiger partial charge in [0, 0.05) is 29.9 Å². The normalized spacial score (nSPS) is 28.8. The van der Waals surface area contributed by atoms with Crippen LogP contribution in [-0.2, 0) is 23.9 Å². The van der Waals surface area contributed by atoms with Gasteiger partial charge in [-0.05, 0) is 43.9 Å². The molecule has 3 aliphatic rings. The van der Waals surface area contributed by atoms with Gasteiger partial charge in [-0.1, -0.05) is 111 Å². The third-order valence-corrected chi connectivity index (χ3v) is 10.4. The van der Waals surface area contributed by atoms with E-state index >= 15 is 0 Å². The number of allylic oxidation sites excluding steroid dienone is 2. The summed E-state index contributed by atoms with van der Waals surface area (Å²) < 4.78 is 5.61. The molecule has 0 radical (unpaired) electrons. The maximum atomic E-state index is 14.7. The average Bonchev–Trinajstić information content (AvgIpc) is 3.26. The SMILES string of the molecule is C=CC(CCCCC)C1=C(C(=O)C2C(C)C=CC3(O)CC(C(=O)OCCCCCC)CC(C)C23)C(=O)N(CCCCCC)C1=O. The number of imide groups is 1. The number of esters is 1. The molecule has 3 rings (SSSR count). The second-order valence-electron chi connectivity index (χ2n) is 13.9. The minimum atomic E-state index is -1.39. The van der Waals surface area contributed by atoms with Gasteiger partial charge in [-0.3, -0.25) is 24.1 Å². The van der Waals surface area contributed by atoms with Crippen molar-refractivity contribution in [1.82, 2.24) is 4.90 Å². The molecule has 45 heavy (non-hydrogen) atoms. The lowest BCUT2D eigenvalue weighted by molar-refractivity contribution is -0.160. The fourth-order valence-electron chi connectivity index (χ4n) is 7.95. The zero-order valence-corrected chi connectivity index (χ0v) is 28.7. The molecule has 0 aromatic heterocycles. The molecule has 1 aliphatic heterocycles. The zero-order valence-electron chi connectivity index (χ0n) is 28.7. The van der Waals surface area contributed by atoms with Crippen LogP contribution in [-0.4, -0.2) is 52.3 Å². The number of nitrogens with zero attached hydrogens (tertiary/aromatic N) is 1. The topological polar surface area (TPSA) is 101 Å². The molecule has 7 heteroatoms. The third kappa shape index (κ3) is 8.64. The van der Waals surface area contributed by atoms with Crippen LogP contribution < -0.4 is 0 Å². The van der Waals surface area contributed by atoms with Crippen LogP contribution >= 0.6 is 0 Å². The van der Waals surface area contributed by atoms with Crippen LogP contribution in [0.5, 0.6) is 0 Å². The summed E-state index contributed by atoms with van der Waals surface area (Å²) in [5.74, 6) is -3.97. The van der Waals surface area contributed by atoms with Gasteiger partial charge in [-0.2, -0.15) is 0 Å². The Hall–Kier alpha value is -2.54. The Morgan fingerprint density at radius 1 is 1.00 bits per heavy atom. The molecule has 2 aliphatic carbocycles. The van der Waals surface area contributed by atoms with Crippen molar-refractivity contribution < 1.29 is 29.0 Å². The Morgan fingerprint density at radius 2 is 1.64 bits per heavy atom. The predicted octanol–water partition coefficient (Wildman–Crippen LogP) is 7.52. The molecule has 1 heterocycles. The number of rotatable bonds is 19. The van der Waals surface area contributed by atoms with E-state index in [1.165, 1.54) is 4.90 Å². The van der Waals surface area contributed by atoms with Crippen LogP contribution in [0, 0.1) is 35.5 Å². The van der Waals surface area contributed by atoms with Gasteiger partial charge in [-0.25, -0.2) is 0 Å². The molecule has 1 saturated carbocycles. The van der Waals surface area contributed by atoms with Gasteiger partial charge in [0.2, 0.25) is 0 Å². The van der Waals surface area contributed by atoms with E-state index in [0.717, 1.165) is 64.2 Å². The lowest BCUT2D eigenvalue weighted by Crippen LogP contribution is -2.56. The standard InChI is InChI=1S/C38H59NO6/c1-7-11-14-17-22-39-35(41)31(28(10-4)19-16-13-9-3)32(36(39)42)34(40)30-26(5)20-21-38(44)25-29(24-27(6)33(30)38)37(43)45-23-18-15-12-8-2/h10,20-21,26-30,33,44H,4,7-9,11-19,22-25H2,1-3,5-6H3. The Morgan fingerprint density at radius 3 is 2.29 bits per heavy atom. The van der Waals surface area contributed by atoms with Crippen LogP contribution in [0.15, 0.2) is 36.0 Å². The molecule has 0 aromatic carbocycles. The van der Waals surface area contributed by atoms with Crippen molar-refractivity contribution >= 4 is 23.6 Å². The lowest BCUT2D eigenvalue weighted by Gasteiger charge is -2.51. The van der Waals surface area contributed by atoms with E-state index in [-0.39, 0.29) is 53.0 Å². The van der Waals surface area contributed by atoms with E-state index in [1.807, 2.05) is 19.9 Å². The first-order valence-corrected chi connectivity index (χ1v) is 17.9. The maximum absolute atomic E-state index is 14.7. The fourth-order valence-corrected chi connectivity index (χ4v) is 7.95. The van der Waals surface area contributed by atoms with E-state index in [9.17, 15) is 24.3 Å². The molecule has 1 N–H and O–H groups in total. The van der Waals surface area contributed by atoms with E-state index in [1.54, 1.807) is 12.2 Å². The van der Waals surface area contributed by atoms with Gasteiger partial charge in [0.25, 0.3) is 11.8 Å². The van der Waals surface area contributed by atoms with E-state index in [4.69, 9.17) is 4.74 Å². The summed E-state index contributed by atoms with van der Waals surface area (Å²) in [4.78, 5) is 56.9. The molecule has 0 spiro atoms. The van der Waals surface area contributed by atoms with Crippen LogP contribution in [0.3, 0.4) is 0 Å². The maximum Gasteiger partial charge on any atom is 0.309 e. The number of aliphatic hydroxyl groups is 1. The third-order valence-electron chi connectivity index (χ3n) is 10.4. The monoisotopic (exact) mass is 625 g/mol. The van der Waals surface area contributed by atoms with Gasteiger partial charge in [0.15, 0.2) is 5.78 Å². The summed E-state index contributed by atoms with van der Waals surface area (Å²) in [7, 11) is 0. The van der Waals surface area contributed by atoms with Crippen molar-refractivity contribution in [3.8, 4) is 0 Å². The summed E-state index contributed by atoms with van der Waals surface area (Å²) in [6.45, 7) is 15.0. The zero-order chi connectivity index (χ0) is 33.1. The molecule has 2 amide bonds. The minimum absolute atomic E-state index is 0.00722. The molecule has 0 bridgehead atoms. The molecule has 252 valence electrons. The van der Waals surface area contributed by atoms with Crippen molar-refractivity contribution in [2.24, 2.45) is 35.5 Å². The Kier molecular flexibility index (Phi) is 14.3. The molecule has 7 atom stereocenters. The van der Waals surface area contributed by atoms with Crippen molar-refractivity contribution in [2.45, 2.75) is 130 Å². The van der Waals surface area contributed by atoms with Gasteiger partial charge in [0.1, 0.15) is 0 Å². The number of fused-ring (bicyclic) bond motifs is 1. The van der Waals surface area contributed by atoms with Crippen molar-refractivity contribution in [2.75, 3.05) is 13.2 Å². The van der Waals surface area contributed by atoms with Gasteiger partial charge >= 0.3 is 5.97 Å². The van der Waals surface area contributed by atoms with Gasteiger partial charge in [0.05, 0.1) is 23.7 Å². The number of carbonyl (C=O) groups excluding carboxylic acids is 4. The van der Waals surface area contributed by atoms with E-state index < -0.39 is 29.3 Å². The number of hydrogen-bond acceptors (Lipinski definition) is 6. The summed E-state index contributed by atoms with van der Waals surface area (Å²) in [5.41, 5.74) is -1.11. The smallest absolute Gasteiger partial charge is 0.309 e. The number of Topliss-reactive ketones (excluding diaryl/α,β-unsaturated/α-hetero) is 1. The lowest BCUT2D eigenvalue weighted by atomic mass is 9.55. The number of ketones is 1. The van der Waals surface area contributed by atoms with Crippen molar-refractivity contribution in [3.63, 3.8) is 0 Å². The van der Waals surface area contributed by atoms with Gasteiger partial charge < -0.3 is 9.84 Å². The highest BCUT2D eigenvalue weighted by atomic mass is 16.5. The first-order valence-electron chi connectivity index (χ1n) is 17.9. The number of carbonyl (C=O) groups is 4. The largest absolute Gasteiger partial charge is 0.465 e. The summed E-state index contributed by atoms with van der Waals surface area (Å²) in [6, 6.07) is 0. The summed E-state index contributed by atoms with van der Waals surface area (Å²) >= 11 is 0. The highest BCUT2D eigenvalue weighted by Gasteiger charge is 2.56. The van der Waals surface area contributed by atoms with E-state index in [0.29, 0.717) is 32.4 Å². The molecular formula is C38H59NO6. The Labute approximate surface area is 271 Å². The second-order valence-corrected chi connectivity index (χ2v) is 13.9. The number of amides is 2. The second kappa shape index (κ2) is 17.4. The first-order chi connectivity index (χ1) is 21.6. The van der Waals surface area contributed by atoms with Crippen molar-refractivity contribution in [3.05, 3.63) is 36.0 Å². The molecular weight excluding hydrogens is 566 g/mol. The average molecular weight is 626 g/mol. The highest BCUT2D eigenvalue weighted by Crippen LogP contribution is 2.52. The molecule has 0 saturated heterocycles. The van der Waals surface area contributed by atoms with Crippen LogP contribution in [0.4, 0.5) is 0 Å². The molecule has 0 aromatic rings. The summed E-state index contributed by atoms with van der Waals surface area (Å²) in [6.07, 6.45) is 17.3. The molecule has 7 nitrogen and oxygen atoms in total. The molecule has 1 fully saturated rings. The van der Waals surface area contributed by atoms with Crippen LogP contribution in [0.2, 0.25) is 0 Å². The van der Waals surface area contributed by atoms with E-state index in [2.05, 4.69) is 27.4 Å². The first kappa shape index (κ1) is 36.9. The number of hydrogen-bond donors (Lipinski definition) is 1. The highest BCUT2D eigenvalue weighted by molar-refractivity contribution is 6.32. The quantitative estimate of drug-likeness (QED) is 0.0524. The Bertz CT molecular complexity index is 1120.